The normalized spacial score (nSPS) is 15.2. The van der Waals surface area contributed by atoms with Gasteiger partial charge in [-0.15, -0.1) is 11.8 Å². The molecule has 0 unspecified atom stereocenters. The minimum atomic E-state index is 0.163. The van der Waals surface area contributed by atoms with Gasteiger partial charge in [0.25, 0.3) is 0 Å². The van der Waals surface area contributed by atoms with Crippen LogP contribution in [0.15, 0.2) is 53.6 Å². The number of ketones is 1. The van der Waals surface area contributed by atoms with Gasteiger partial charge in [-0.3, -0.25) is 4.79 Å². The number of carbonyl (C=O) groups is 1. The van der Waals surface area contributed by atoms with Gasteiger partial charge in [-0.1, -0.05) is 43.0 Å². The molecule has 1 heterocycles. The minimum absolute atomic E-state index is 0.163. The number of hydrogen-bond acceptors (Lipinski definition) is 3. The highest BCUT2D eigenvalue weighted by atomic mass is 32.2. The quantitative estimate of drug-likeness (QED) is 0.759. The van der Waals surface area contributed by atoms with Crippen LogP contribution in [0, 0.1) is 0 Å². The number of nitrogens with zero attached hydrogens (tertiary/aromatic N) is 1. The van der Waals surface area contributed by atoms with Crippen LogP contribution in [-0.4, -0.2) is 23.1 Å². The fourth-order valence-corrected chi connectivity index (χ4v) is 2.80. The van der Waals surface area contributed by atoms with Crippen molar-refractivity contribution in [3.63, 3.8) is 0 Å². The number of allylic oxidation sites excluding steroid dienone is 2. The summed E-state index contributed by atoms with van der Waals surface area (Å²) in [5, 5.41) is 0. The first-order valence-electron chi connectivity index (χ1n) is 5.51. The standard InChI is InChI=1S/C14H15NOS/c1-3-14-11(2)15(10-17-14)9-13(16)12-7-5-4-6-8-12/h3-8H,1,9-10H2,2H3. The van der Waals surface area contributed by atoms with Gasteiger partial charge in [0.2, 0.25) is 0 Å². The van der Waals surface area contributed by atoms with E-state index in [2.05, 4.69) is 11.5 Å². The van der Waals surface area contributed by atoms with Gasteiger partial charge in [-0.25, -0.2) is 0 Å². The summed E-state index contributed by atoms with van der Waals surface area (Å²) in [4.78, 5) is 15.3. The van der Waals surface area contributed by atoms with Crippen LogP contribution >= 0.6 is 11.8 Å². The highest BCUT2D eigenvalue weighted by Crippen LogP contribution is 2.31. The lowest BCUT2D eigenvalue weighted by molar-refractivity contribution is 0.0958. The van der Waals surface area contributed by atoms with E-state index in [-0.39, 0.29) is 5.78 Å². The molecule has 1 aliphatic rings. The Balaban J connectivity index is 2.06. The van der Waals surface area contributed by atoms with E-state index in [9.17, 15) is 4.79 Å². The molecule has 0 spiro atoms. The lowest BCUT2D eigenvalue weighted by atomic mass is 10.1. The second-order valence-corrected chi connectivity index (χ2v) is 4.90. The summed E-state index contributed by atoms with van der Waals surface area (Å²) in [5.74, 6) is 1.00. The smallest absolute Gasteiger partial charge is 0.182 e. The highest BCUT2D eigenvalue weighted by molar-refractivity contribution is 8.03. The van der Waals surface area contributed by atoms with Gasteiger partial charge in [-0.2, -0.15) is 0 Å². The molecule has 0 atom stereocenters. The van der Waals surface area contributed by atoms with Crippen molar-refractivity contribution >= 4 is 17.5 Å². The first kappa shape index (κ1) is 12.0. The molecule has 0 N–H and O–H groups in total. The Morgan fingerprint density at radius 3 is 2.76 bits per heavy atom. The molecule has 0 amide bonds. The van der Waals surface area contributed by atoms with Crippen molar-refractivity contribution in [3.05, 3.63) is 59.2 Å². The average Bonchev–Trinajstić information content (AvgIpc) is 2.71. The summed E-state index contributed by atoms with van der Waals surface area (Å²) in [5.41, 5.74) is 1.92. The maximum Gasteiger partial charge on any atom is 0.182 e. The number of Topliss-reactive ketones (excluding diaryl/α,β-unsaturated/α-hetero) is 1. The predicted molar refractivity (Wildman–Crippen MR) is 72.8 cm³/mol. The molecular weight excluding hydrogens is 230 g/mol. The average molecular weight is 245 g/mol. The first-order chi connectivity index (χ1) is 8.22. The monoisotopic (exact) mass is 245 g/mol. The second-order valence-electron chi connectivity index (χ2n) is 3.91. The summed E-state index contributed by atoms with van der Waals surface area (Å²) in [6.07, 6.45) is 1.85. The molecule has 0 bridgehead atoms. The van der Waals surface area contributed by atoms with Crippen LogP contribution < -0.4 is 0 Å². The van der Waals surface area contributed by atoms with Crippen LogP contribution in [0.2, 0.25) is 0 Å². The summed E-state index contributed by atoms with van der Waals surface area (Å²) in [6, 6.07) is 9.43. The van der Waals surface area contributed by atoms with Crippen LogP contribution in [0.5, 0.6) is 0 Å². The van der Waals surface area contributed by atoms with Crippen LogP contribution in [0.4, 0.5) is 0 Å². The van der Waals surface area contributed by atoms with E-state index >= 15 is 0 Å². The molecule has 17 heavy (non-hydrogen) atoms. The zero-order valence-electron chi connectivity index (χ0n) is 9.85. The Kier molecular flexibility index (Phi) is 3.69. The molecule has 0 saturated carbocycles. The van der Waals surface area contributed by atoms with Crippen molar-refractivity contribution in [1.82, 2.24) is 4.90 Å². The SMILES string of the molecule is C=CC1=C(C)N(CC(=O)c2ccccc2)CS1. The molecule has 1 aliphatic heterocycles. The van der Waals surface area contributed by atoms with Gasteiger partial charge in [0.15, 0.2) is 5.78 Å². The summed E-state index contributed by atoms with van der Waals surface area (Å²) in [6.45, 7) is 6.26. The zero-order valence-corrected chi connectivity index (χ0v) is 10.7. The van der Waals surface area contributed by atoms with Crippen LogP contribution in [-0.2, 0) is 0 Å². The molecule has 0 aromatic heterocycles. The van der Waals surface area contributed by atoms with Crippen LogP contribution in [0.3, 0.4) is 0 Å². The lowest BCUT2D eigenvalue weighted by Gasteiger charge is -2.17. The summed E-state index contributed by atoms with van der Waals surface area (Å²) >= 11 is 1.73. The molecule has 0 saturated heterocycles. The minimum Gasteiger partial charge on any atom is -0.357 e. The Bertz CT molecular complexity index is 464. The van der Waals surface area contributed by atoms with Gasteiger partial charge >= 0.3 is 0 Å². The number of hydrogen-bond donors (Lipinski definition) is 0. The van der Waals surface area contributed by atoms with Crippen molar-refractivity contribution < 1.29 is 4.79 Å². The Morgan fingerprint density at radius 1 is 1.47 bits per heavy atom. The maximum absolute atomic E-state index is 12.0. The third kappa shape index (κ3) is 2.61. The third-order valence-corrected chi connectivity index (χ3v) is 4.04. The summed E-state index contributed by atoms with van der Waals surface area (Å²) < 4.78 is 0. The molecule has 0 aliphatic carbocycles. The Morgan fingerprint density at radius 2 is 2.18 bits per heavy atom. The fourth-order valence-electron chi connectivity index (χ4n) is 1.76. The largest absolute Gasteiger partial charge is 0.357 e. The first-order valence-corrected chi connectivity index (χ1v) is 6.50. The maximum atomic E-state index is 12.0. The molecule has 3 heteroatoms. The molecule has 1 aromatic carbocycles. The molecule has 2 nitrogen and oxygen atoms in total. The van der Waals surface area contributed by atoms with E-state index in [0.29, 0.717) is 6.54 Å². The number of carbonyl (C=O) groups excluding carboxylic acids is 1. The molecule has 1 aromatic rings. The van der Waals surface area contributed by atoms with E-state index in [0.717, 1.165) is 17.1 Å². The highest BCUT2D eigenvalue weighted by Gasteiger charge is 2.20. The number of rotatable bonds is 4. The van der Waals surface area contributed by atoms with E-state index in [1.165, 1.54) is 4.91 Å². The zero-order chi connectivity index (χ0) is 12.3. The van der Waals surface area contributed by atoms with Crippen molar-refractivity contribution in [1.29, 1.82) is 0 Å². The molecule has 0 fully saturated rings. The summed E-state index contributed by atoms with van der Waals surface area (Å²) in [7, 11) is 0. The third-order valence-electron chi connectivity index (χ3n) is 2.82. The number of benzene rings is 1. The van der Waals surface area contributed by atoms with Gasteiger partial charge in [0.1, 0.15) is 0 Å². The van der Waals surface area contributed by atoms with Gasteiger partial charge < -0.3 is 4.90 Å². The Hall–Kier alpha value is -1.48. The topological polar surface area (TPSA) is 20.3 Å². The molecule has 2 rings (SSSR count). The van der Waals surface area contributed by atoms with Crippen molar-refractivity contribution in [2.24, 2.45) is 0 Å². The Labute approximate surface area is 106 Å². The predicted octanol–water partition coefficient (Wildman–Crippen LogP) is 3.29. The second kappa shape index (κ2) is 5.23. The number of thioether (sulfide) groups is 1. The molecular formula is C14H15NOS. The molecule has 0 radical (unpaired) electrons. The van der Waals surface area contributed by atoms with Crippen molar-refractivity contribution in [2.75, 3.05) is 12.4 Å². The van der Waals surface area contributed by atoms with Crippen molar-refractivity contribution in [3.8, 4) is 0 Å². The van der Waals surface area contributed by atoms with Gasteiger partial charge in [-0.05, 0) is 6.92 Å². The van der Waals surface area contributed by atoms with Gasteiger partial charge in [0, 0.05) is 16.2 Å². The molecule has 88 valence electrons. The van der Waals surface area contributed by atoms with Gasteiger partial charge in [0.05, 0.1) is 12.4 Å². The van der Waals surface area contributed by atoms with Crippen LogP contribution in [0.1, 0.15) is 17.3 Å². The van der Waals surface area contributed by atoms with Crippen molar-refractivity contribution in [2.45, 2.75) is 6.92 Å². The van der Waals surface area contributed by atoms with E-state index in [1.54, 1.807) is 11.8 Å². The fraction of sp³-hybridized carbons (Fsp3) is 0.214. The van der Waals surface area contributed by atoms with Crippen LogP contribution in [0.25, 0.3) is 0 Å². The lowest BCUT2D eigenvalue weighted by Crippen LogP contribution is -2.25. The van der Waals surface area contributed by atoms with E-state index < -0.39 is 0 Å². The van der Waals surface area contributed by atoms with E-state index in [4.69, 9.17) is 0 Å². The van der Waals surface area contributed by atoms with E-state index in [1.807, 2.05) is 43.3 Å².